The molecular formula is C24H17BrCl2N6O. The monoisotopic (exact) mass is 554 g/mol. The largest absolute Gasteiger partial charge is 0.304 e. The van der Waals surface area contributed by atoms with Gasteiger partial charge in [0.25, 0.3) is 5.91 Å². The van der Waals surface area contributed by atoms with Crippen molar-refractivity contribution >= 4 is 61.8 Å². The summed E-state index contributed by atoms with van der Waals surface area (Å²) in [7, 11) is 1.84. The number of carbonyl (C=O) groups excluding carboxylic acids is 1. The molecule has 2 aromatic carbocycles. The van der Waals surface area contributed by atoms with Gasteiger partial charge in [-0.3, -0.25) is 14.2 Å². The van der Waals surface area contributed by atoms with Crippen molar-refractivity contribution in [1.82, 2.24) is 24.5 Å². The third-order valence-electron chi connectivity index (χ3n) is 5.24. The van der Waals surface area contributed by atoms with E-state index in [9.17, 15) is 4.79 Å². The smallest absolute Gasteiger partial charge is 0.257 e. The number of hydrogen-bond donors (Lipinski definition) is 1. The number of aryl methyl sites for hydroxylation is 1. The predicted molar refractivity (Wildman–Crippen MR) is 137 cm³/mol. The van der Waals surface area contributed by atoms with Crippen LogP contribution in [-0.4, -0.2) is 30.5 Å². The molecule has 1 amide bonds. The molecule has 5 rings (SSSR count). The Kier molecular flexibility index (Phi) is 6.12. The molecule has 0 saturated heterocycles. The highest BCUT2D eigenvalue weighted by atomic mass is 79.9. The van der Waals surface area contributed by atoms with Gasteiger partial charge in [0.2, 0.25) is 0 Å². The van der Waals surface area contributed by atoms with E-state index in [1.807, 2.05) is 43.6 Å². The SMILES string of the molecule is Cn1cc(-c2cc(C(=O)Nc3nn(Cc4ccc(Cl)c(Cl)c4)cc3Br)c3ccccc3n2)cn1. The van der Waals surface area contributed by atoms with Crippen molar-refractivity contribution in [3.05, 3.63) is 92.8 Å². The standard InChI is InChI=1S/C24H17BrCl2N6O/c1-32-12-15(10-28-32)22-9-17(16-4-2-3-5-21(16)29-22)24(34)30-23-18(25)13-33(31-23)11-14-6-7-19(26)20(27)8-14/h2-10,12-13H,11H2,1H3,(H,30,31,34). The van der Waals surface area contributed by atoms with E-state index in [-0.39, 0.29) is 5.91 Å². The lowest BCUT2D eigenvalue weighted by molar-refractivity contribution is 0.102. The molecular weight excluding hydrogens is 539 g/mol. The molecule has 34 heavy (non-hydrogen) atoms. The van der Waals surface area contributed by atoms with Gasteiger partial charge in [-0.25, -0.2) is 4.98 Å². The molecule has 7 nitrogen and oxygen atoms in total. The molecule has 3 aromatic heterocycles. The fourth-order valence-electron chi connectivity index (χ4n) is 3.63. The molecule has 1 N–H and O–H groups in total. The first-order chi connectivity index (χ1) is 16.4. The zero-order valence-corrected chi connectivity index (χ0v) is 20.9. The highest BCUT2D eigenvalue weighted by Crippen LogP contribution is 2.28. The van der Waals surface area contributed by atoms with Gasteiger partial charge in [0.1, 0.15) is 0 Å². The molecule has 3 heterocycles. The molecule has 0 unspecified atom stereocenters. The molecule has 0 aliphatic carbocycles. The first kappa shape index (κ1) is 22.6. The third-order valence-corrected chi connectivity index (χ3v) is 6.56. The molecule has 0 spiro atoms. The van der Waals surface area contributed by atoms with E-state index in [0.29, 0.717) is 38.1 Å². The zero-order chi connectivity index (χ0) is 23.8. The van der Waals surface area contributed by atoms with Crippen LogP contribution in [0.2, 0.25) is 10.0 Å². The minimum Gasteiger partial charge on any atom is -0.304 e. The molecule has 10 heteroatoms. The number of benzene rings is 2. The van der Waals surface area contributed by atoms with Gasteiger partial charge in [0.05, 0.1) is 44.0 Å². The number of hydrogen-bond acceptors (Lipinski definition) is 4. The fourth-order valence-corrected chi connectivity index (χ4v) is 4.36. The van der Waals surface area contributed by atoms with Crippen LogP contribution in [0.25, 0.3) is 22.2 Å². The van der Waals surface area contributed by atoms with Gasteiger partial charge in [-0.15, -0.1) is 0 Å². The Morgan fingerprint density at radius 2 is 1.91 bits per heavy atom. The Morgan fingerprint density at radius 3 is 2.68 bits per heavy atom. The average molecular weight is 556 g/mol. The Morgan fingerprint density at radius 1 is 1.09 bits per heavy atom. The second-order valence-electron chi connectivity index (χ2n) is 7.70. The van der Waals surface area contributed by atoms with E-state index in [4.69, 9.17) is 28.2 Å². The van der Waals surface area contributed by atoms with Crippen LogP contribution in [0.5, 0.6) is 0 Å². The number of fused-ring (bicyclic) bond motifs is 1. The van der Waals surface area contributed by atoms with Crippen LogP contribution in [0.15, 0.2) is 71.6 Å². The van der Waals surface area contributed by atoms with Gasteiger partial charge in [0.15, 0.2) is 5.82 Å². The molecule has 0 radical (unpaired) electrons. The molecule has 0 bridgehead atoms. The second kappa shape index (κ2) is 9.21. The van der Waals surface area contributed by atoms with Gasteiger partial charge in [-0.05, 0) is 45.8 Å². The van der Waals surface area contributed by atoms with Crippen molar-refractivity contribution in [2.24, 2.45) is 7.05 Å². The van der Waals surface area contributed by atoms with E-state index in [1.54, 1.807) is 40.0 Å². The first-order valence-corrected chi connectivity index (χ1v) is 11.8. The van der Waals surface area contributed by atoms with Crippen LogP contribution in [0.4, 0.5) is 5.82 Å². The van der Waals surface area contributed by atoms with Crippen LogP contribution in [0, 0.1) is 0 Å². The van der Waals surface area contributed by atoms with Crippen LogP contribution in [0.3, 0.4) is 0 Å². The minimum absolute atomic E-state index is 0.288. The van der Waals surface area contributed by atoms with Gasteiger partial charge >= 0.3 is 0 Å². The molecule has 170 valence electrons. The highest BCUT2D eigenvalue weighted by Gasteiger charge is 2.17. The van der Waals surface area contributed by atoms with Crippen LogP contribution >= 0.6 is 39.1 Å². The van der Waals surface area contributed by atoms with Gasteiger partial charge in [-0.1, -0.05) is 47.5 Å². The predicted octanol–water partition coefficient (Wildman–Crippen LogP) is 6.20. The molecule has 0 aliphatic heterocycles. The third kappa shape index (κ3) is 4.57. The summed E-state index contributed by atoms with van der Waals surface area (Å²) in [6.45, 7) is 0.467. The van der Waals surface area contributed by atoms with Crippen molar-refractivity contribution in [2.75, 3.05) is 5.32 Å². The lowest BCUT2D eigenvalue weighted by Gasteiger charge is -2.09. The van der Waals surface area contributed by atoms with Gasteiger partial charge in [-0.2, -0.15) is 10.2 Å². The quantitative estimate of drug-likeness (QED) is 0.280. The molecule has 0 fully saturated rings. The van der Waals surface area contributed by atoms with E-state index < -0.39 is 0 Å². The summed E-state index contributed by atoms with van der Waals surface area (Å²) in [5.74, 6) is 0.123. The zero-order valence-electron chi connectivity index (χ0n) is 17.8. The summed E-state index contributed by atoms with van der Waals surface area (Å²) in [5.41, 5.74) is 3.65. The van der Waals surface area contributed by atoms with E-state index >= 15 is 0 Å². The summed E-state index contributed by atoms with van der Waals surface area (Å²) < 4.78 is 4.07. The first-order valence-electron chi connectivity index (χ1n) is 10.2. The average Bonchev–Trinajstić information content (AvgIpc) is 3.40. The number of aromatic nitrogens is 5. The summed E-state index contributed by atoms with van der Waals surface area (Å²) >= 11 is 15.6. The summed E-state index contributed by atoms with van der Waals surface area (Å²) in [6.07, 6.45) is 5.38. The lowest BCUT2D eigenvalue weighted by Crippen LogP contribution is -2.14. The lowest BCUT2D eigenvalue weighted by atomic mass is 10.0. The molecule has 0 saturated carbocycles. The van der Waals surface area contributed by atoms with Crippen molar-refractivity contribution in [3.8, 4) is 11.3 Å². The number of amides is 1. The summed E-state index contributed by atoms with van der Waals surface area (Å²) in [6, 6.07) is 14.7. The molecule has 0 atom stereocenters. The van der Waals surface area contributed by atoms with Crippen LogP contribution < -0.4 is 5.32 Å². The number of rotatable bonds is 5. The van der Waals surface area contributed by atoms with E-state index in [2.05, 4.69) is 31.4 Å². The Bertz CT molecular complexity index is 1540. The summed E-state index contributed by atoms with van der Waals surface area (Å²) in [5, 5.41) is 13.4. The fraction of sp³-hybridized carbons (Fsp3) is 0.0833. The molecule has 0 aliphatic rings. The Hall–Kier alpha value is -3.20. The van der Waals surface area contributed by atoms with Crippen molar-refractivity contribution in [2.45, 2.75) is 6.54 Å². The Labute approximate surface area is 213 Å². The molecule has 5 aromatic rings. The Balaban J connectivity index is 1.45. The number of carbonyl (C=O) groups is 1. The summed E-state index contributed by atoms with van der Waals surface area (Å²) in [4.78, 5) is 18.1. The number of nitrogens with zero attached hydrogens (tertiary/aromatic N) is 5. The normalized spacial score (nSPS) is 11.2. The van der Waals surface area contributed by atoms with Crippen LogP contribution in [-0.2, 0) is 13.6 Å². The van der Waals surface area contributed by atoms with Crippen LogP contribution in [0.1, 0.15) is 15.9 Å². The topological polar surface area (TPSA) is 77.6 Å². The second-order valence-corrected chi connectivity index (χ2v) is 9.37. The maximum absolute atomic E-state index is 13.4. The van der Waals surface area contributed by atoms with Crippen molar-refractivity contribution in [3.63, 3.8) is 0 Å². The number of pyridine rings is 1. The number of anilines is 1. The maximum atomic E-state index is 13.4. The van der Waals surface area contributed by atoms with E-state index in [0.717, 1.165) is 22.0 Å². The van der Waals surface area contributed by atoms with Gasteiger partial charge < -0.3 is 5.32 Å². The van der Waals surface area contributed by atoms with Crippen molar-refractivity contribution in [1.29, 1.82) is 0 Å². The number of para-hydroxylation sites is 1. The number of halogens is 3. The maximum Gasteiger partial charge on any atom is 0.257 e. The van der Waals surface area contributed by atoms with Gasteiger partial charge in [0, 0.05) is 30.4 Å². The highest BCUT2D eigenvalue weighted by molar-refractivity contribution is 9.10. The van der Waals surface area contributed by atoms with E-state index in [1.165, 1.54) is 0 Å². The van der Waals surface area contributed by atoms with Crippen molar-refractivity contribution < 1.29 is 4.79 Å². The number of nitrogens with one attached hydrogen (secondary N) is 1. The minimum atomic E-state index is -0.288.